The summed E-state index contributed by atoms with van der Waals surface area (Å²) in [6.07, 6.45) is 1.29. The Labute approximate surface area is 111 Å². The normalized spacial score (nSPS) is 23.2. The summed E-state index contributed by atoms with van der Waals surface area (Å²) in [5.41, 5.74) is 0.325. The first-order valence-electron chi connectivity index (χ1n) is 6.12. The van der Waals surface area contributed by atoms with Gasteiger partial charge in [-0.05, 0) is 26.0 Å². The number of carbonyl (C=O) groups excluding carboxylic acids is 1. The summed E-state index contributed by atoms with van der Waals surface area (Å²) < 4.78 is 5.47. The zero-order valence-electron chi connectivity index (χ0n) is 10.9. The smallest absolute Gasteiger partial charge is 0.354 e. The highest BCUT2D eigenvalue weighted by molar-refractivity contribution is 5.95. The fraction of sp³-hybridized carbons (Fsp3) is 0.462. The molecule has 6 nitrogen and oxygen atoms in total. The van der Waals surface area contributed by atoms with Gasteiger partial charge in [-0.25, -0.2) is 9.78 Å². The van der Waals surface area contributed by atoms with Crippen LogP contribution in [0.1, 0.15) is 34.7 Å². The highest BCUT2D eigenvalue weighted by Crippen LogP contribution is 2.16. The van der Waals surface area contributed by atoms with Crippen molar-refractivity contribution in [1.82, 2.24) is 9.88 Å². The van der Waals surface area contributed by atoms with Crippen LogP contribution < -0.4 is 0 Å². The first-order valence-corrected chi connectivity index (χ1v) is 6.12. The lowest BCUT2D eigenvalue weighted by Gasteiger charge is -2.37. The lowest BCUT2D eigenvalue weighted by Crippen LogP contribution is -2.51. The van der Waals surface area contributed by atoms with Gasteiger partial charge < -0.3 is 14.7 Å². The molecular formula is C13H16N2O4. The Bertz CT molecular complexity index is 486. The van der Waals surface area contributed by atoms with Crippen molar-refractivity contribution in [2.45, 2.75) is 26.0 Å². The Kier molecular flexibility index (Phi) is 3.80. The summed E-state index contributed by atoms with van der Waals surface area (Å²) in [6.45, 7) is 4.90. The highest BCUT2D eigenvalue weighted by Gasteiger charge is 2.29. The lowest BCUT2D eigenvalue weighted by atomic mass is 10.1. The van der Waals surface area contributed by atoms with Crippen LogP contribution in [0.3, 0.4) is 0 Å². The maximum Gasteiger partial charge on any atom is 0.354 e. The number of morpholine rings is 1. The molecule has 1 amide bonds. The number of hydrogen-bond donors (Lipinski definition) is 1. The largest absolute Gasteiger partial charge is 0.477 e. The quantitative estimate of drug-likeness (QED) is 0.863. The van der Waals surface area contributed by atoms with Gasteiger partial charge in [-0.3, -0.25) is 4.79 Å². The van der Waals surface area contributed by atoms with Crippen LogP contribution in [0.4, 0.5) is 0 Å². The first-order chi connectivity index (χ1) is 9.00. The second-order valence-corrected chi connectivity index (χ2v) is 4.55. The number of rotatable bonds is 2. The van der Waals surface area contributed by atoms with Crippen molar-refractivity contribution >= 4 is 11.9 Å². The molecule has 1 aromatic heterocycles. The van der Waals surface area contributed by atoms with Crippen LogP contribution in [0, 0.1) is 0 Å². The lowest BCUT2D eigenvalue weighted by molar-refractivity contribution is -0.0440. The molecule has 1 aromatic rings. The predicted molar refractivity (Wildman–Crippen MR) is 67.1 cm³/mol. The van der Waals surface area contributed by atoms with Gasteiger partial charge in [0.15, 0.2) is 0 Å². The number of ether oxygens (including phenoxy) is 1. The van der Waals surface area contributed by atoms with Crippen LogP contribution in [-0.4, -0.2) is 52.2 Å². The van der Waals surface area contributed by atoms with Crippen LogP contribution in [0.5, 0.6) is 0 Å². The van der Waals surface area contributed by atoms with Crippen molar-refractivity contribution in [3.8, 4) is 0 Å². The molecule has 1 fully saturated rings. The van der Waals surface area contributed by atoms with Gasteiger partial charge in [-0.15, -0.1) is 0 Å². The van der Waals surface area contributed by atoms with Gasteiger partial charge in [0, 0.05) is 12.7 Å². The van der Waals surface area contributed by atoms with Crippen LogP contribution in [0.25, 0.3) is 0 Å². The zero-order chi connectivity index (χ0) is 14.0. The van der Waals surface area contributed by atoms with E-state index in [1.807, 2.05) is 13.8 Å². The Hall–Kier alpha value is -1.95. The van der Waals surface area contributed by atoms with Crippen molar-refractivity contribution in [3.05, 3.63) is 29.6 Å². The van der Waals surface area contributed by atoms with Crippen molar-refractivity contribution in [2.75, 3.05) is 13.2 Å². The fourth-order valence-corrected chi connectivity index (χ4v) is 2.03. The summed E-state index contributed by atoms with van der Waals surface area (Å²) >= 11 is 0. The molecule has 1 saturated heterocycles. The SMILES string of the molecule is C[C@@H]1[C@@H](C)OCCN1C(=O)c1ccc(C(=O)O)nc1. The summed E-state index contributed by atoms with van der Waals surface area (Å²) in [6, 6.07) is 2.82. The Balaban J connectivity index is 2.17. The Morgan fingerprint density at radius 2 is 2.16 bits per heavy atom. The minimum atomic E-state index is -1.10. The molecule has 0 unspecified atom stereocenters. The van der Waals surface area contributed by atoms with E-state index in [0.717, 1.165) is 0 Å². The number of carbonyl (C=O) groups is 2. The van der Waals surface area contributed by atoms with E-state index in [1.54, 1.807) is 4.90 Å². The third-order valence-electron chi connectivity index (χ3n) is 3.37. The number of pyridine rings is 1. The maximum atomic E-state index is 12.3. The summed E-state index contributed by atoms with van der Waals surface area (Å²) in [7, 11) is 0. The van der Waals surface area contributed by atoms with Gasteiger partial charge in [0.25, 0.3) is 5.91 Å². The fourth-order valence-electron chi connectivity index (χ4n) is 2.03. The standard InChI is InChI=1S/C13H16N2O4/c1-8-9(2)19-6-5-15(8)12(16)10-3-4-11(13(17)18)14-7-10/h3-4,7-9H,5-6H2,1-2H3,(H,17,18)/t8-,9-/m1/s1. The van der Waals surface area contributed by atoms with E-state index < -0.39 is 5.97 Å². The third kappa shape index (κ3) is 2.73. The number of carboxylic acids is 1. The van der Waals surface area contributed by atoms with Crippen LogP contribution >= 0.6 is 0 Å². The van der Waals surface area contributed by atoms with Crippen molar-refractivity contribution in [3.63, 3.8) is 0 Å². The molecule has 6 heteroatoms. The minimum absolute atomic E-state index is 0.0102. The molecule has 2 rings (SSSR count). The number of aromatic carboxylic acids is 1. The average Bonchev–Trinajstić information content (AvgIpc) is 2.41. The summed E-state index contributed by atoms with van der Waals surface area (Å²) in [4.78, 5) is 28.5. The molecule has 0 aliphatic carbocycles. The molecule has 1 N–H and O–H groups in total. The minimum Gasteiger partial charge on any atom is -0.477 e. The number of hydrogen-bond acceptors (Lipinski definition) is 4. The predicted octanol–water partition coefficient (Wildman–Crippen LogP) is 1.03. The first kappa shape index (κ1) is 13.5. The summed E-state index contributed by atoms with van der Waals surface area (Å²) in [5.74, 6) is -1.25. The number of aromatic nitrogens is 1. The Morgan fingerprint density at radius 1 is 1.42 bits per heavy atom. The average molecular weight is 264 g/mol. The van der Waals surface area contributed by atoms with Gasteiger partial charge in [-0.1, -0.05) is 0 Å². The Morgan fingerprint density at radius 3 is 2.74 bits per heavy atom. The van der Waals surface area contributed by atoms with Crippen molar-refractivity contribution in [2.24, 2.45) is 0 Å². The number of amides is 1. The molecule has 102 valence electrons. The van der Waals surface area contributed by atoms with Crippen molar-refractivity contribution in [1.29, 1.82) is 0 Å². The maximum absolute atomic E-state index is 12.3. The van der Waals surface area contributed by atoms with E-state index >= 15 is 0 Å². The van der Waals surface area contributed by atoms with E-state index in [2.05, 4.69) is 4.98 Å². The second-order valence-electron chi connectivity index (χ2n) is 4.55. The monoisotopic (exact) mass is 264 g/mol. The molecule has 0 radical (unpaired) electrons. The van der Waals surface area contributed by atoms with E-state index in [1.165, 1.54) is 18.3 Å². The topological polar surface area (TPSA) is 79.7 Å². The van der Waals surface area contributed by atoms with Crippen molar-refractivity contribution < 1.29 is 19.4 Å². The van der Waals surface area contributed by atoms with E-state index in [-0.39, 0.29) is 23.7 Å². The molecule has 1 aliphatic rings. The van der Waals surface area contributed by atoms with Crippen LogP contribution in [-0.2, 0) is 4.74 Å². The molecule has 1 aliphatic heterocycles. The molecule has 0 spiro atoms. The molecule has 2 heterocycles. The number of carboxylic acid groups (broad SMARTS) is 1. The van der Waals surface area contributed by atoms with Gasteiger partial charge in [0.1, 0.15) is 5.69 Å². The molecule has 2 atom stereocenters. The number of nitrogens with zero attached hydrogens (tertiary/aromatic N) is 2. The molecule has 0 aromatic carbocycles. The van der Waals surface area contributed by atoms with Gasteiger partial charge in [0.2, 0.25) is 0 Å². The van der Waals surface area contributed by atoms with E-state index in [4.69, 9.17) is 9.84 Å². The molecule has 0 bridgehead atoms. The molecule has 0 saturated carbocycles. The second kappa shape index (κ2) is 5.36. The van der Waals surface area contributed by atoms with Gasteiger partial charge >= 0.3 is 5.97 Å². The zero-order valence-corrected chi connectivity index (χ0v) is 10.9. The third-order valence-corrected chi connectivity index (χ3v) is 3.37. The molecular weight excluding hydrogens is 248 g/mol. The van der Waals surface area contributed by atoms with E-state index in [9.17, 15) is 9.59 Å². The molecule has 19 heavy (non-hydrogen) atoms. The van der Waals surface area contributed by atoms with Gasteiger partial charge in [-0.2, -0.15) is 0 Å². The summed E-state index contributed by atoms with van der Waals surface area (Å²) in [5, 5.41) is 8.77. The van der Waals surface area contributed by atoms with Crippen LogP contribution in [0.15, 0.2) is 18.3 Å². The van der Waals surface area contributed by atoms with Gasteiger partial charge in [0.05, 0.1) is 24.3 Å². The highest BCUT2D eigenvalue weighted by atomic mass is 16.5. The van der Waals surface area contributed by atoms with E-state index in [0.29, 0.717) is 18.7 Å². The van der Waals surface area contributed by atoms with Crippen LogP contribution in [0.2, 0.25) is 0 Å².